The van der Waals surface area contributed by atoms with Crippen molar-refractivity contribution in [1.82, 2.24) is 19.7 Å². The lowest BCUT2D eigenvalue weighted by atomic mass is 10.2. The van der Waals surface area contributed by atoms with E-state index in [0.717, 1.165) is 0 Å². The summed E-state index contributed by atoms with van der Waals surface area (Å²) in [4.78, 5) is 7.60. The van der Waals surface area contributed by atoms with Gasteiger partial charge in [0.05, 0.1) is 23.3 Å². The first-order chi connectivity index (χ1) is 9.63. The molecular weight excluding hydrogens is 266 g/mol. The van der Waals surface area contributed by atoms with E-state index in [1.54, 1.807) is 42.2 Å². The summed E-state index contributed by atoms with van der Waals surface area (Å²) in [5.74, 6) is -0.0296. The predicted octanol–water partition coefficient (Wildman–Crippen LogP) is 3.09. The molecule has 0 unspecified atom stereocenters. The van der Waals surface area contributed by atoms with Gasteiger partial charge in [0, 0.05) is 7.05 Å². The number of halogens is 2. The summed E-state index contributed by atoms with van der Waals surface area (Å²) in [5, 5.41) is 4.52. The number of alkyl halides is 2. The Bertz CT molecular complexity index is 757. The van der Waals surface area contributed by atoms with E-state index in [1.165, 1.54) is 6.20 Å². The highest BCUT2D eigenvalue weighted by Crippen LogP contribution is 2.29. The summed E-state index contributed by atoms with van der Waals surface area (Å²) in [6, 6.07) is 6.84. The maximum atomic E-state index is 12.8. The molecule has 1 aromatic carbocycles. The number of rotatable bonds is 3. The first kappa shape index (κ1) is 12.5. The van der Waals surface area contributed by atoms with Crippen LogP contribution in [0.1, 0.15) is 12.2 Å². The van der Waals surface area contributed by atoms with E-state index < -0.39 is 12.2 Å². The minimum absolute atomic E-state index is 0.0962. The lowest BCUT2D eigenvalue weighted by molar-refractivity contribution is 0.140. The molecule has 3 aromatic rings. The Kier molecular flexibility index (Phi) is 3.02. The third-order valence-corrected chi connectivity index (χ3v) is 2.68. The van der Waals surface area contributed by atoms with Crippen molar-refractivity contribution in [2.75, 3.05) is 0 Å². The van der Waals surface area contributed by atoms with Crippen LogP contribution in [0.25, 0.3) is 10.9 Å². The van der Waals surface area contributed by atoms with Crippen molar-refractivity contribution in [1.29, 1.82) is 0 Å². The molecule has 3 rings (SSSR count). The van der Waals surface area contributed by atoms with Crippen molar-refractivity contribution in [2.24, 2.45) is 7.05 Å². The molecule has 2 heterocycles. The quantitative estimate of drug-likeness (QED) is 0.737. The molecule has 0 radical (unpaired) electrons. The number of fused-ring (bicyclic) bond motifs is 1. The second-order valence-electron chi connectivity index (χ2n) is 4.16. The highest BCUT2D eigenvalue weighted by Gasteiger charge is 2.16. The Morgan fingerprint density at radius 1 is 1.20 bits per heavy atom. The van der Waals surface area contributed by atoms with Gasteiger partial charge in [-0.25, -0.2) is 13.8 Å². The van der Waals surface area contributed by atoms with Gasteiger partial charge in [-0.15, -0.1) is 0 Å². The molecule has 0 aliphatic carbocycles. The van der Waals surface area contributed by atoms with Gasteiger partial charge < -0.3 is 4.74 Å². The topological polar surface area (TPSA) is 52.8 Å². The van der Waals surface area contributed by atoms with E-state index in [4.69, 9.17) is 4.74 Å². The van der Waals surface area contributed by atoms with Gasteiger partial charge in [0.2, 0.25) is 5.88 Å². The molecule has 0 N–H and O–H groups in total. The largest absolute Gasteiger partial charge is 0.435 e. The van der Waals surface area contributed by atoms with Gasteiger partial charge in [-0.1, -0.05) is 12.1 Å². The lowest BCUT2D eigenvalue weighted by Gasteiger charge is -2.08. The molecule has 0 fully saturated rings. The maximum Gasteiger partial charge on any atom is 0.297 e. The summed E-state index contributed by atoms with van der Waals surface area (Å²) in [6.07, 6.45) is 0.355. The van der Waals surface area contributed by atoms with Crippen LogP contribution >= 0.6 is 0 Å². The fourth-order valence-corrected chi connectivity index (χ4v) is 1.80. The molecular formula is C13H10F2N4O. The second kappa shape index (κ2) is 4.84. The fraction of sp³-hybridized carbons (Fsp3) is 0.154. The zero-order chi connectivity index (χ0) is 14.1. The van der Waals surface area contributed by atoms with Gasteiger partial charge in [0.15, 0.2) is 11.6 Å². The van der Waals surface area contributed by atoms with Gasteiger partial charge in [0.25, 0.3) is 6.43 Å². The van der Waals surface area contributed by atoms with E-state index in [1.807, 2.05) is 0 Å². The van der Waals surface area contributed by atoms with Gasteiger partial charge >= 0.3 is 0 Å². The van der Waals surface area contributed by atoms with E-state index >= 15 is 0 Å². The Morgan fingerprint density at radius 2 is 2.00 bits per heavy atom. The molecule has 0 aliphatic heterocycles. The van der Waals surface area contributed by atoms with E-state index in [2.05, 4.69) is 15.1 Å². The zero-order valence-electron chi connectivity index (χ0n) is 10.5. The molecule has 2 aromatic heterocycles. The smallest absolute Gasteiger partial charge is 0.297 e. The number of benzene rings is 1. The number of hydrogen-bond donors (Lipinski definition) is 0. The first-order valence-corrected chi connectivity index (χ1v) is 5.85. The monoisotopic (exact) mass is 276 g/mol. The van der Waals surface area contributed by atoms with Crippen LogP contribution < -0.4 is 4.74 Å². The Balaban J connectivity index is 2.11. The van der Waals surface area contributed by atoms with Gasteiger partial charge in [-0.3, -0.25) is 4.68 Å². The average molecular weight is 276 g/mol. The van der Waals surface area contributed by atoms with Crippen molar-refractivity contribution in [3.8, 4) is 11.6 Å². The van der Waals surface area contributed by atoms with Gasteiger partial charge in [-0.05, 0) is 12.1 Å². The molecule has 0 saturated carbocycles. The van der Waals surface area contributed by atoms with Crippen LogP contribution in [0.15, 0.2) is 36.7 Å². The molecule has 0 bridgehead atoms. The van der Waals surface area contributed by atoms with Crippen LogP contribution in [0, 0.1) is 0 Å². The Labute approximate surface area is 112 Å². The van der Waals surface area contributed by atoms with Crippen LogP contribution in [-0.4, -0.2) is 19.7 Å². The van der Waals surface area contributed by atoms with Crippen molar-refractivity contribution in [3.05, 3.63) is 42.5 Å². The average Bonchev–Trinajstić information content (AvgIpc) is 2.84. The molecule has 0 saturated heterocycles. The predicted molar refractivity (Wildman–Crippen MR) is 67.8 cm³/mol. The third kappa shape index (κ3) is 2.29. The minimum atomic E-state index is -2.75. The minimum Gasteiger partial charge on any atom is -0.435 e. The van der Waals surface area contributed by atoms with Gasteiger partial charge in [-0.2, -0.15) is 10.1 Å². The van der Waals surface area contributed by atoms with E-state index in [-0.39, 0.29) is 5.88 Å². The molecule has 0 atom stereocenters. The highest BCUT2D eigenvalue weighted by molar-refractivity contribution is 5.83. The number of hydrogen-bond acceptors (Lipinski definition) is 4. The number of para-hydroxylation sites is 1. The van der Waals surface area contributed by atoms with E-state index in [0.29, 0.717) is 16.7 Å². The molecule has 7 heteroatoms. The molecule has 0 amide bonds. The summed E-state index contributed by atoms with van der Waals surface area (Å²) in [5.41, 5.74) is 0.414. The molecule has 0 spiro atoms. The van der Waals surface area contributed by atoms with Crippen LogP contribution in [0.4, 0.5) is 8.78 Å². The number of aromatic nitrogens is 4. The van der Waals surface area contributed by atoms with Crippen LogP contribution in [0.5, 0.6) is 11.6 Å². The number of aryl methyl sites for hydroxylation is 1. The van der Waals surface area contributed by atoms with Crippen molar-refractivity contribution in [3.63, 3.8) is 0 Å². The molecule has 102 valence electrons. The third-order valence-electron chi connectivity index (χ3n) is 2.68. The second-order valence-corrected chi connectivity index (χ2v) is 4.16. The Morgan fingerprint density at radius 3 is 2.70 bits per heavy atom. The van der Waals surface area contributed by atoms with Crippen LogP contribution in [-0.2, 0) is 7.05 Å². The lowest BCUT2D eigenvalue weighted by Crippen LogP contribution is -1.99. The van der Waals surface area contributed by atoms with Crippen LogP contribution in [0.2, 0.25) is 0 Å². The van der Waals surface area contributed by atoms with Crippen LogP contribution in [0.3, 0.4) is 0 Å². The molecule has 20 heavy (non-hydrogen) atoms. The summed E-state index contributed by atoms with van der Waals surface area (Å²) in [7, 11) is 1.73. The standard InChI is InChI=1S/C13H10F2N4O/c1-19-7-8(6-16-19)20-13-9-4-2-3-5-10(9)17-12(18-13)11(14)15/h2-7,11H,1H3. The maximum absolute atomic E-state index is 12.8. The summed E-state index contributed by atoms with van der Waals surface area (Å²) < 4.78 is 32.7. The SMILES string of the molecule is Cn1cc(Oc2nc(C(F)F)nc3ccccc23)cn1. The van der Waals surface area contributed by atoms with E-state index in [9.17, 15) is 8.78 Å². The molecule has 0 aliphatic rings. The fourth-order valence-electron chi connectivity index (χ4n) is 1.80. The number of nitrogens with zero attached hydrogens (tertiary/aromatic N) is 4. The summed E-state index contributed by atoms with van der Waals surface area (Å²) in [6.45, 7) is 0. The van der Waals surface area contributed by atoms with Crippen molar-refractivity contribution in [2.45, 2.75) is 6.43 Å². The van der Waals surface area contributed by atoms with Crippen molar-refractivity contribution >= 4 is 10.9 Å². The van der Waals surface area contributed by atoms with Crippen molar-refractivity contribution < 1.29 is 13.5 Å². The normalized spacial score (nSPS) is 11.2. The summed E-state index contributed by atoms with van der Waals surface area (Å²) >= 11 is 0. The first-order valence-electron chi connectivity index (χ1n) is 5.85. The zero-order valence-corrected chi connectivity index (χ0v) is 10.5. The van der Waals surface area contributed by atoms with Gasteiger partial charge in [0.1, 0.15) is 0 Å². The molecule has 5 nitrogen and oxygen atoms in total. The highest BCUT2D eigenvalue weighted by atomic mass is 19.3. The number of ether oxygens (including phenoxy) is 1. The Hall–Kier alpha value is -2.57.